The predicted octanol–water partition coefficient (Wildman–Crippen LogP) is 4.05. The molecule has 0 atom stereocenters. The van der Waals surface area contributed by atoms with E-state index in [0.717, 1.165) is 12.4 Å². The van der Waals surface area contributed by atoms with Gasteiger partial charge in [-0.3, -0.25) is 4.98 Å². The molecule has 140 valence electrons. The standard InChI is InChI=1S/C19H17F3N2O2Si/c1-26-19(25)10-5-6-11-12(7-10)16(23-8-13(11)20)17-15(22)18(27(2,3)4)14(21)9-24-17/h5-9H,1-4H3. The van der Waals surface area contributed by atoms with Gasteiger partial charge in [-0.25, -0.2) is 22.9 Å². The van der Waals surface area contributed by atoms with Gasteiger partial charge in [0.15, 0.2) is 5.82 Å². The van der Waals surface area contributed by atoms with Crippen molar-refractivity contribution in [2.24, 2.45) is 0 Å². The number of benzene rings is 1. The van der Waals surface area contributed by atoms with Crippen molar-refractivity contribution in [1.29, 1.82) is 0 Å². The number of carbonyl (C=O) groups is 1. The number of fused-ring (bicyclic) bond motifs is 1. The summed E-state index contributed by atoms with van der Waals surface area (Å²) in [6.07, 6.45) is 1.90. The van der Waals surface area contributed by atoms with Crippen LogP contribution in [-0.2, 0) is 4.74 Å². The van der Waals surface area contributed by atoms with Crippen LogP contribution < -0.4 is 5.19 Å². The molecule has 0 N–H and O–H groups in total. The highest BCUT2D eigenvalue weighted by molar-refractivity contribution is 6.88. The molecule has 0 spiro atoms. The highest BCUT2D eigenvalue weighted by atomic mass is 28.3. The third kappa shape index (κ3) is 3.32. The zero-order chi connectivity index (χ0) is 19.9. The van der Waals surface area contributed by atoms with Crippen molar-refractivity contribution in [3.8, 4) is 11.4 Å². The monoisotopic (exact) mass is 390 g/mol. The fourth-order valence-electron chi connectivity index (χ4n) is 2.96. The summed E-state index contributed by atoms with van der Waals surface area (Å²) in [6, 6.07) is 4.16. The van der Waals surface area contributed by atoms with Crippen LogP contribution in [0.4, 0.5) is 13.2 Å². The second-order valence-electron chi connectivity index (χ2n) is 7.10. The molecule has 2 aromatic heterocycles. The minimum absolute atomic E-state index is 0.00380. The number of pyridine rings is 2. The molecule has 0 aliphatic heterocycles. The molecule has 2 heterocycles. The number of rotatable bonds is 3. The summed E-state index contributed by atoms with van der Waals surface area (Å²) in [4.78, 5) is 19.7. The van der Waals surface area contributed by atoms with Gasteiger partial charge >= 0.3 is 5.97 Å². The Labute approximate surface area is 155 Å². The van der Waals surface area contributed by atoms with Gasteiger partial charge in [-0.15, -0.1) is 0 Å². The predicted molar refractivity (Wildman–Crippen MR) is 99.2 cm³/mol. The van der Waals surface area contributed by atoms with Gasteiger partial charge in [0.05, 0.1) is 38.8 Å². The average molecular weight is 390 g/mol. The third-order valence-corrected chi connectivity index (χ3v) is 6.17. The van der Waals surface area contributed by atoms with Crippen molar-refractivity contribution in [3.05, 3.63) is 53.6 Å². The number of ether oxygens (including phenoxy) is 1. The van der Waals surface area contributed by atoms with Gasteiger partial charge in [0.2, 0.25) is 0 Å². The van der Waals surface area contributed by atoms with Gasteiger partial charge in [0, 0.05) is 16.0 Å². The minimum atomic E-state index is -2.37. The topological polar surface area (TPSA) is 52.1 Å². The van der Waals surface area contributed by atoms with Crippen molar-refractivity contribution in [1.82, 2.24) is 9.97 Å². The van der Waals surface area contributed by atoms with Gasteiger partial charge < -0.3 is 4.74 Å². The Morgan fingerprint density at radius 2 is 1.59 bits per heavy atom. The van der Waals surface area contributed by atoms with Crippen LogP contribution in [0.3, 0.4) is 0 Å². The molecule has 3 aromatic rings. The summed E-state index contributed by atoms with van der Waals surface area (Å²) in [5.41, 5.74) is 0.0154. The molecule has 0 saturated heterocycles. The maximum Gasteiger partial charge on any atom is 0.337 e. The molecular formula is C19H17F3N2O2Si. The second kappa shape index (κ2) is 6.77. The third-order valence-electron chi connectivity index (χ3n) is 4.21. The van der Waals surface area contributed by atoms with Gasteiger partial charge in [-0.05, 0) is 12.1 Å². The Morgan fingerprint density at radius 3 is 2.22 bits per heavy atom. The zero-order valence-electron chi connectivity index (χ0n) is 15.2. The summed E-state index contributed by atoms with van der Waals surface area (Å²) >= 11 is 0. The number of carbonyl (C=O) groups excluding carboxylic acids is 1. The van der Waals surface area contributed by atoms with Gasteiger partial charge in [0.25, 0.3) is 0 Å². The average Bonchev–Trinajstić information content (AvgIpc) is 2.61. The van der Waals surface area contributed by atoms with E-state index in [4.69, 9.17) is 0 Å². The van der Waals surface area contributed by atoms with Crippen molar-refractivity contribution in [2.75, 3.05) is 7.11 Å². The van der Waals surface area contributed by atoms with Gasteiger partial charge in [-0.1, -0.05) is 25.7 Å². The molecule has 0 bridgehead atoms. The first-order chi connectivity index (χ1) is 12.6. The SMILES string of the molecule is COC(=O)c1ccc2c(F)cnc(-c3ncc(F)c([Si](C)(C)C)c3F)c2c1. The van der Waals surface area contributed by atoms with Crippen molar-refractivity contribution >= 4 is 30.0 Å². The van der Waals surface area contributed by atoms with Crippen molar-refractivity contribution in [3.63, 3.8) is 0 Å². The fourth-order valence-corrected chi connectivity index (χ4v) is 4.52. The van der Waals surface area contributed by atoms with Crippen molar-refractivity contribution in [2.45, 2.75) is 19.6 Å². The zero-order valence-corrected chi connectivity index (χ0v) is 16.2. The van der Waals surface area contributed by atoms with E-state index < -0.39 is 31.5 Å². The van der Waals surface area contributed by atoms with Gasteiger partial charge in [-0.2, -0.15) is 0 Å². The molecule has 0 aliphatic rings. The Hall–Kier alpha value is -2.74. The van der Waals surface area contributed by atoms with E-state index >= 15 is 4.39 Å². The van der Waals surface area contributed by atoms with Crippen LogP contribution in [0.15, 0.2) is 30.6 Å². The normalized spacial score (nSPS) is 11.7. The van der Waals surface area contributed by atoms with Crippen LogP contribution >= 0.6 is 0 Å². The number of nitrogens with zero attached hydrogens (tertiary/aromatic N) is 2. The van der Waals surface area contributed by atoms with E-state index in [2.05, 4.69) is 14.7 Å². The quantitative estimate of drug-likeness (QED) is 0.500. The fraction of sp³-hybridized carbons (Fsp3) is 0.211. The highest BCUT2D eigenvalue weighted by Crippen LogP contribution is 2.30. The molecule has 27 heavy (non-hydrogen) atoms. The largest absolute Gasteiger partial charge is 0.465 e. The number of aromatic nitrogens is 2. The molecule has 0 saturated carbocycles. The molecule has 0 fully saturated rings. The lowest BCUT2D eigenvalue weighted by Crippen LogP contribution is -2.43. The lowest BCUT2D eigenvalue weighted by atomic mass is 10.0. The van der Waals surface area contributed by atoms with Crippen LogP contribution in [0, 0.1) is 17.5 Å². The van der Waals surface area contributed by atoms with E-state index in [1.807, 2.05) is 19.6 Å². The summed E-state index contributed by atoms with van der Waals surface area (Å²) in [5.74, 6) is -2.77. The molecule has 0 aliphatic carbocycles. The van der Waals surface area contributed by atoms with Crippen LogP contribution in [0.5, 0.6) is 0 Å². The first-order valence-corrected chi connectivity index (χ1v) is 11.7. The van der Waals surface area contributed by atoms with Crippen molar-refractivity contribution < 1.29 is 22.7 Å². The number of halogens is 3. The lowest BCUT2D eigenvalue weighted by Gasteiger charge is -2.19. The molecule has 0 unspecified atom stereocenters. The molecule has 3 rings (SSSR count). The smallest absolute Gasteiger partial charge is 0.337 e. The Bertz CT molecular complexity index is 1060. The highest BCUT2D eigenvalue weighted by Gasteiger charge is 2.29. The molecular weight excluding hydrogens is 373 g/mol. The van der Waals surface area contributed by atoms with E-state index in [1.165, 1.54) is 25.3 Å². The minimum Gasteiger partial charge on any atom is -0.465 e. The molecule has 1 aromatic carbocycles. The van der Waals surface area contributed by atoms with E-state index in [9.17, 15) is 13.6 Å². The maximum absolute atomic E-state index is 15.2. The van der Waals surface area contributed by atoms with E-state index in [0.29, 0.717) is 0 Å². The summed E-state index contributed by atoms with van der Waals surface area (Å²) < 4.78 is 48.3. The summed E-state index contributed by atoms with van der Waals surface area (Å²) in [6.45, 7) is 5.43. The number of methoxy groups -OCH3 is 1. The van der Waals surface area contributed by atoms with Crippen LogP contribution in [0.2, 0.25) is 19.6 Å². The van der Waals surface area contributed by atoms with Crippen LogP contribution in [-0.4, -0.2) is 31.1 Å². The maximum atomic E-state index is 15.2. The Kier molecular flexibility index (Phi) is 4.77. The number of esters is 1. The van der Waals surface area contributed by atoms with Crippen LogP contribution in [0.1, 0.15) is 10.4 Å². The molecule has 8 heteroatoms. The van der Waals surface area contributed by atoms with E-state index in [1.54, 1.807) is 0 Å². The number of hydrogen-bond donors (Lipinski definition) is 0. The molecule has 4 nitrogen and oxygen atoms in total. The number of hydrogen-bond acceptors (Lipinski definition) is 4. The summed E-state index contributed by atoms with van der Waals surface area (Å²) in [5, 5.41) is 0.334. The van der Waals surface area contributed by atoms with Crippen LogP contribution in [0.25, 0.3) is 22.2 Å². The second-order valence-corrected chi connectivity index (χ2v) is 12.1. The van der Waals surface area contributed by atoms with Gasteiger partial charge in [0.1, 0.15) is 17.3 Å². The van der Waals surface area contributed by atoms with E-state index in [-0.39, 0.29) is 32.9 Å². The first kappa shape index (κ1) is 19.0. The first-order valence-electron chi connectivity index (χ1n) is 8.16. The Balaban J connectivity index is 2.35. The molecule has 0 amide bonds. The summed E-state index contributed by atoms with van der Waals surface area (Å²) in [7, 11) is -1.14. The lowest BCUT2D eigenvalue weighted by molar-refractivity contribution is 0.0601. The Morgan fingerprint density at radius 1 is 0.963 bits per heavy atom. The molecule has 0 radical (unpaired) electrons.